The van der Waals surface area contributed by atoms with Crippen LogP contribution in [0.5, 0.6) is 0 Å². The van der Waals surface area contributed by atoms with E-state index in [1.165, 1.54) is 6.07 Å². The summed E-state index contributed by atoms with van der Waals surface area (Å²) in [4.78, 5) is 24.1. The lowest BCUT2D eigenvalue weighted by atomic mass is 10.2. The quantitative estimate of drug-likeness (QED) is 0.664. The van der Waals surface area contributed by atoms with Gasteiger partial charge >= 0.3 is 6.03 Å². The van der Waals surface area contributed by atoms with Gasteiger partial charge in [-0.3, -0.25) is 10.1 Å². The molecule has 1 heterocycles. The van der Waals surface area contributed by atoms with Crippen molar-refractivity contribution < 1.29 is 14.5 Å². The number of hydrogen-bond acceptors (Lipinski definition) is 4. The number of nitrogens with one attached hydrogen (secondary N) is 1. The maximum Gasteiger partial charge on any atom is 0.322 e. The summed E-state index contributed by atoms with van der Waals surface area (Å²) < 4.78 is 5.36. The van der Waals surface area contributed by atoms with Gasteiger partial charge in [-0.2, -0.15) is 0 Å². The Balaban J connectivity index is 2.07. The lowest BCUT2D eigenvalue weighted by molar-refractivity contribution is -0.385. The van der Waals surface area contributed by atoms with Gasteiger partial charge in [0.1, 0.15) is 0 Å². The number of carbonyl (C=O) groups is 1. The number of hydrogen-bond donors (Lipinski definition) is 1. The average molecular weight is 279 g/mol. The van der Waals surface area contributed by atoms with Crippen molar-refractivity contribution in [2.24, 2.45) is 0 Å². The highest BCUT2D eigenvalue weighted by atomic mass is 16.6. The molecular weight excluding hydrogens is 262 g/mol. The topological polar surface area (TPSA) is 84.7 Å². The van der Waals surface area contributed by atoms with Crippen LogP contribution in [-0.2, 0) is 4.74 Å². The van der Waals surface area contributed by atoms with E-state index in [0.29, 0.717) is 30.9 Å². The summed E-state index contributed by atoms with van der Waals surface area (Å²) in [6, 6.07) is 4.38. The lowest BCUT2D eigenvalue weighted by Crippen LogP contribution is -2.46. The van der Waals surface area contributed by atoms with Crippen molar-refractivity contribution in [2.75, 3.05) is 25.0 Å². The van der Waals surface area contributed by atoms with Crippen LogP contribution in [0.15, 0.2) is 18.2 Å². The predicted octanol–water partition coefficient (Wildman–Crippen LogP) is 2.16. The molecule has 2 rings (SSSR count). The van der Waals surface area contributed by atoms with E-state index < -0.39 is 4.92 Å². The number of urea groups is 1. The first-order valence-corrected chi connectivity index (χ1v) is 6.40. The minimum absolute atomic E-state index is 0.00172. The molecule has 0 spiro atoms. The van der Waals surface area contributed by atoms with E-state index in [1.54, 1.807) is 24.0 Å². The number of amides is 2. The summed E-state index contributed by atoms with van der Waals surface area (Å²) >= 11 is 0. The van der Waals surface area contributed by atoms with E-state index in [2.05, 4.69) is 5.32 Å². The molecule has 1 saturated heterocycles. The van der Waals surface area contributed by atoms with E-state index in [0.717, 1.165) is 0 Å². The zero-order valence-corrected chi connectivity index (χ0v) is 11.5. The maximum absolute atomic E-state index is 12.1. The van der Waals surface area contributed by atoms with Gasteiger partial charge in [-0.15, -0.1) is 0 Å². The molecule has 0 aromatic heterocycles. The summed E-state index contributed by atoms with van der Waals surface area (Å²) in [6.07, 6.45) is 0.00172. The van der Waals surface area contributed by atoms with Crippen LogP contribution in [0.3, 0.4) is 0 Å². The second-order valence-electron chi connectivity index (χ2n) is 4.82. The highest BCUT2D eigenvalue weighted by molar-refractivity contribution is 5.89. The summed E-state index contributed by atoms with van der Waals surface area (Å²) in [6.45, 7) is 5.09. The number of nitrogens with zero attached hydrogens (tertiary/aromatic N) is 2. The number of ether oxygens (including phenoxy) is 1. The van der Waals surface area contributed by atoms with Crippen molar-refractivity contribution in [3.8, 4) is 0 Å². The Morgan fingerprint density at radius 2 is 2.30 bits per heavy atom. The molecule has 1 fully saturated rings. The third-order valence-corrected chi connectivity index (χ3v) is 3.19. The number of benzene rings is 1. The summed E-state index contributed by atoms with van der Waals surface area (Å²) in [5.74, 6) is 0. The van der Waals surface area contributed by atoms with Crippen molar-refractivity contribution in [3.63, 3.8) is 0 Å². The second kappa shape index (κ2) is 5.87. The molecule has 1 aromatic carbocycles. The van der Waals surface area contributed by atoms with Gasteiger partial charge in [0.2, 0.25) is 0 Å². The van der Waals surface area contributed by atoms with Crippen LogP contribution < -0.4 is 5.32 Å². The van der Waals surface area contributed by atoms with Crippen LogP contribution in [0.2, 0.25) is 0 Å². The SMILES string of the molecule is Cc1ccc(NC(=O)N2CCOC(C)C2)cc1[N+](=O)[O-]. The van der Waals surface area contributed by atoms with Gasteiger partial charge in [0.15, 0.2) is 0 Å². The lowest BCUT2D eigenvalue weighted by Gasteiger charge is -2.31. The Labute approximate surface area is 116 Å². The highest BCUT2D eigenvalue weighted by Gasteiger charge is 2.22. The fourth-order valence-corrected chi connectivity index (χ4v) is 2.09. The summed E-state index contributed by atoms with van der Waals surface area (Å²) in [5.41, 5.74) is 0.984. The predicted molar refractivity (Wildman–Crippen MR) is 73.8 cm³/mol. The van der Waals surface area contributed by atoms with Crippen LogP contribution in [0, 0.1) is 17.0 Å². The summed E-state index contributed by atoms with van der Waals surface area (Å²) in [5, 5.41) is 13.6. The smallest absolute Gasteiger partial charge is 0.322 e. The molecule has 1 aliphatic heterocycles. The van der Waals surface area contributed by atoms with Gasteiger partial charge in [-0.25, -0.2) is 4.79 Å². The molecule has 2 amide bonds. The Morgan fingerprint density at radius 3 is 2.95 bits per heavy atom. The monoisotopic (exact) mass is 279 g/mol. The number of morpholine rings is 1. The standard InChI is InChI=1S/C13H17N3O4/c1-9-3-4-11(7-12(9)16(18)19)14-13(17)15-5-6-20-10(2)8-15/h3-4,7,10H,5-6,8H2,1-2H3,(H,14,17). The molecule has 1 aliphatic rings. The van der Waals surface area contributed by atoms with Crippen molar-refractivity contribution in [3.05, 3.63) is 33.9 Å². The molecule has 0 bridgehead atoms. The van der Waals surface area contributed by atoms with Crippen molar-refractivity contribution in [2.45, 2.75) is 20.0 Å². The Bertz CT molecular complexity index is 532. The number of nitro groups is 1. The van der Waals surface area contributed by atoms with Crippen molar-refractivity contribution >= 4 is 17.4 Å². The molecule has 1 unspecified atom stereocenters. The van der Waals surface area contributed by atoms with Gasteiger partial charge in [0.05, 0.1) is 17.6 Å². The van der Waals surface area contributed by atoms with Gasteiger partial charge in [-0.05, 0) is 19.9 Å². The number of rotatable bonds is 2. The molecule has 0 radical (unpaired) electrons. The fraction of sp³-hybridized carbons (Fsp3) is 0.462. The first kappa shape index (κ1) is 14.3. The van der Waals surface area contributed by atoms with Gasteiger partial charge in [0, 0.05) is 30.4 Å². The number of anilines is 1. The van der Waals surface area contributed by atoms with E-state index in [-0.39, 0.29) is 17.8 Å². The largest absolute Gasteiger partial charge is 0.375 e. The fourth-order valence-electron chi connectivity index (χ4n) is 2.09. The number of carbonyl (C=O) groups excluding carboxylic acids is 1. The molecule has 7 heteroatoms. The van der Waals surface area contributed by atoms with Gasteiger partial charge in [-0.1, -0.05) is 6.07 Å². The molecule has 0 saturated carbocycles. The third-order valence-electron chi connectivity index (χ3n) is 3.19. The van der Waals surface area contributed by atoms with Crippen LogP contribution in [0.1, 0.15) is 12.5 Å². The Kier molecular flexibility index (Phi) is 4.19. The molecular formula is C13H17N3O4. The highest BCUT2D eigenvalue weighted by Crippen LogP contribution is 2.22. The Morgan fingerprint density at radius 1 is 1.55 bits per heavy atom. The van der Waals surface area contributed by atoms with Crippen LogP contribution in [0.25, 0.3) is 0 Å². The molecule has 1 aromatic rings. The van der Waals surface area contributed by atoms with Gasteiger partial charge < -0.3 is 15.0 Å². The Hall–Kier alpha value is -2.15. The van der Waals surface area contributed by atoms with E-state index in [9.17, 15) is 14.9 Å². The van der Waals surface area contributed by atoms with E-state index in [4.69, 9.17) is 4.74 Å². The number of aryl methyl sites for hydroxylation is 1. The van der Waals surface area contributed by atoms with Crippen LogP contribution in [-0.4, -0.2) is 41.7 Å². The minimum Gasteiger partial charge on any atom is -0.375 e. The van der Waals surface area contributed by atoms with E-state index in [1.807, 2.05) is 6.92 Å². The maximum atomic E-state index is 12.1. The van der Waals surface area contributed by atoms with Gasteiger partial charge in [0.25, 0.3) is 5.69 Å². The molecule has 7 nitrogen and oxygen atoms in total. The normalized spacial score (nSPS) is 18.7. The zero-order valence-electron chi connectivity index (χ0n) is 11.5. The molecule has 1 atom stereocenters. The minimum atomic E-state index is -0.457. The van der Waals surface area contributed by atoms with Crippen molar-refractivity contribution in [1.29, 1.82) is 0 Å². The van der Waals surface area contributed by atoms with Crippen LogP contribution >= 0.6 is 0 Å². The molecule has 1 N–H and O–H groups in total. The average Bonchev–Trinajstić information content (AvgIpc) is 2.40. The summed E-state index contributed by atoms with van der Waals surface area (Å²) in [7, 11) is 0. The second-order valence-corrected chi connectivity index (χ2v) is 4.82. The first-order valence-electron chi connectivity index (χ1n) is 6.40. The third kappa shape index (κ3) is 3.24. The molecule has 20 heavy (non-hydrogen) atoms. The first-order chi connectivity index (χ1) is 9.47. The van der Waals surface area contributed by atoms with Crippen LogP contribution in [0.4, 0.5) is 16.2 Å². The number of nitro benzene ring substituents is 1. The molecule has 108 valence electrons. The van der Waals surface area contributed by atoms with Crippen molar-refractivity contribution in [1.82, 2.24) is 4.90 Å². The zero-order chi connectivity index (χ0) is 14.7. The molecule has 0 aliphatic carbocycles. The van der Waals surface area contributed by atoms with E-state index >= 15 is 0 Å².